The minimum absolute atomic E-state index is 0.0882. The minimum Gasteiger partial charge on any atom is -0.491 e. The van der Waals surface area contributed by atoms with Crippen LogP contribution in [0.25, 0.3) is 0 Å². The van der Waals surface area contributed by atoms with Crippen LogP contribution in [0, 0.1) is 5.92 Å². The zero-order valence-corrected chi connectivity index (χ0v) is 15.1. The predicted octanol–water partition coefficient (Wildman–Crippen LogP) is 5.08. The van der Waals surface area contributed by atoms with Crippen LogP contribution in [0.4, 0.5) is 11.4 Å². The van der Waals surface area contributed by atoms with E-state index < -0.39 is 0 Å². The van der Waals surface area contributed by atoms with E-state index in [9.17, 15) is 4.79 Å². The van der Waals surface area contributed by atoms with E-state index in [0.29, 0.717) is 28.3 Å². The van der Waals surface area contributed by atoms with Crippen LogP contribution in [0.3, 0.4) is 0 Å². The fourth-order valence-corrected chi connectivity index (χ4v) is 2.30. The van der Waals surface area contributed by atoms with Crippen molar-refractivity contribution in [2.24, 2.45) is 5.92 Å². The number of rotatable bonds is 7. The van der Waals surface area contributed by atoms with Crippen molar-refractivity contribution < 1.29 is 9.53 Å². The number of hydrogen-bond donors (Lipinski definition) is 2. The first-order valence-electron chi connectivity index (χ1n) is 7.66. The molecule has 0 aliphatic heterocycles. The Morgan fingerprint density at radius 1 is 1.12 bits per heavy atom. The van der Waals surface area contributed by atoms with Gasteiger partial charge in [0.15, 0.2) is 0 Å². The average Bonchev–Trinajstić information content (AvgIpc) is 2.55. The van der Waals surface area contributed by atoms with Crippen LogP contribution in [-0.2, 0) is 4.79 Å². The average molecular weight is 367 g/mol. The summed E-state index contributed by atoms with van der Waals surface area (Å²) in [6.07, 6.45) is 0. The van der Waals surface area contributed by atoms with Gasteiger partial charge in [-0.3, -0.25) is 4.79 Å². The molecule has 0 heterocycles. The summed E-state index contributed by atoms with van der Waals surface area (Å²) in [6.45, 7) is 4.87. The molecule has 0 atom stereocenters. The van der Waals surface area contributed by atoms with E-state index >= 15 is 0 Å². The quantitative estimate of drug-likeness (QED) is 0.718. The van der Waals surface area contributed by atoms with Crippen LogP contribution in [-0.4, -0.2) is 19.1 Å². The Hall–Kier alpha value is -1.91. The molecule has 0 unspecified atom stereocenters. The van der Waals surface area contributed by atoms with E-state index in [0.717, 1.165) is 11.4 Å². The number of amides is 1. The molecule has 2 N–H and O–H groups in total. The van der Waals surface area contributed by atoms with E-state index in [1.165, 1.54) is 0 Å². The summed E-state index contributed by atoms with van der Waals surface area (Å²) in [6, 6.07) is 12.4. The lowest BCUT2D eigenvalue weighted by Crippen LogP contribution is -2.22. The molecule has 24 heavy (non-hydrogen) atoms. The minimum atomic E-state index is -0.224. The Kier molecular flexibility index (Phi) is 6.76. The van der Waals surface area contributed by atoms with Crippen molar-refractivity contribution in [3.05, 3.63) is 52.5 Å². The third-order valence-corrected chi connectivity index (χ3v) is 3.67. The van der Waals surface area contributed by atoms with Crippen LogP contribution in [0.2, 0.25) is 10.0 Å². The fourth-order valence-electron chi connectivity index (χ4n) is 1.96. The Morgan fingerprint density at radius 2 is 1.88 bits per heavy atom. The highest BCUT2D eigenvalue weighted by Crippen LogP contribution is 2.26. The molecule has 128 valence electrons. The number of ether oxygens (including phenoxy) is 1. The number of carbonyl (C=O) groups excluding carboxylic acids is 1. The van der Waals surface area contributed by atoms with Gasteiger partial charge in [-0.2, -0.15) is 0 Å². The first kappa shape index (κ1) is 18.4. The second-order valence-corrected chi connectivity index (χ2v) is 6.57. The van der Waals surface area contributed by atoms with Gasteiger partial charge in [0.25, 0.3) is 0 Å². The normalized spacial score (nSPS) is 10.5. The summed E-state index contributed by atoms with van der Waals surface area (Å²) >= 11 is 12.0. The summed E-state index contributed by atoms with van der Waals surface area (Å²) in [4.78, 5) is 12.1. The third-order valence-electron chi connectivity index (χ3n) is 3.10. The third kappa shape index (κ3) is 5.62. The molecule has 0 fully saturated rings. The van der Waals surface area contributed by atoms with Gasteiger partial charge >= 0.3 is 0 Å². The Balaban J connectivity index is 1.95. The van der Waals surface area contributed by atoms with Crippen LogP contribution in [0.1, 0.15) is 13.8 Å². The summed E-state index contributed by atoms with van der Waals surface area (Å²) in [7, 11) is 0. The van der Waals surface area contributed by atoms with Crippen molar-refractivity contribution in [3.63, 3.8) is 0 Å². The number of para-hydroxylation sites is 2. The van der Waals surface area contributed by atoms with Gasteiger partial charge in [0, 0.05) is 5.02 Å². The molecular weight excluding hydrogens is 347 g/mol. The van der Waals surface area contributed by atoms with Gasteiger partial charge in [-0.05, 0) is 36.2 Å². The van der Waals surface area contributed by atoms with Crippen molar-refractivity contribution >= 4 is 40.5 Å². The summed E-state index contributed by atoms with van der Waals surface area (Å²) < 4.78 is 5.75. The number of anilines is 2. The number of benzene rings is 2. The van der Waals surface area contributed by atoms with E-state index in [2.05, 4.69) is 24.5 Å². The molecule has 0 spiro atoms. The van der Waals surface area contributed by atoms with Gasteiger partial charge in [-0.1, -0.05) is 49.2 Å². The van der Waals surface area contributed by atoms with Crippen LogP contribution in [0.15, 0.2) is 42.5 Å². The first-order chi connectivity index (χ1) is 11.5. The van der Waals surface area contributed by atoms with Gasteiger partial charge in [-0.25, -0.2) is 0 Å². The number of halogens is 2. The van der Waals surface area contributed by atoms with Crippen LogP contribution >= 0.6 is 23.2 Å². The maximum absolute atomic E-state index is 12.1. The largest absolute Gasteiger partial charge is 0.491 e. The fraction of sp³-hybridized carbons (Fsp3) is 0.278. The van der Waals surface area contributed by atoms with Crippen molar-refractivity contribution in [3.8, 4) is 5.75 Å². The lowest BCUT2D eigenvalue weighted by molar-refractivity contribution is -0.114. The molecule has 6 heteroatoms. The summed E-state index contributed by atoms with van der Waals surface area (Å²) in [5.74, 6) is 0.920. The molecule has 0 radical (unpaired) electrons. The number of nitrogens with one attached hydrogen (secondary N) is 2. The second kappa shape index (κ2) is 8.81. The SMILES string of the molecule is CC(C)COc1ccccc1NCC(=O)Nc1cc(Cl)ccc1Cl. The molecule has 2 aromatic carbocycles. The van der Waals surface area contributed by atoms with Crippen LogP contribution in [0.5, 0.6) is 5.75 Å². The Bertz CT molecular complexity index is 705. The highest BCUT2D eigenvalue weighted by atomic mass is 35.5. The van der Waals surface area contributed by atoms with E-state index in [4.69, 9.17) is 27.9 Å². The smallest absolute Gasteiger partial charge is 0.243 e. The molecule has 4 nitrogen and oxygen atoms in total. The van der Waals surface area contributed by atoms with Crippen LogP contribution < -0.4 is 15.4 Å². The molecule has 0 saturated heterocycles. The van der Waals surface area contributed by atoms with Gasteiger partial charge in [0.1, 0.15) is 5.75 Å². The zero-order chi connectivity index (χ0) is 17.5. The number of carbonyl (C=O) groups is 1. The Labute approximate surface area is 152 Å². The Morgan fingerprint density at radius 3 is 2.62 bits per heavy atom. The van der Waals surface area contributed by atoms with Crippen molar-refractivity contribution in [2.45, 2.75) is 13.8 Å². The lowest BCUT2D eigenvalue weighted by atomic mass is 10.2. The van der Waals surface area contributed by atoms with E-state index in [1.807, 2.05) is 24.3 Å². The van der Waals surface area contributed by atoms with Gasteiger partial charge < -0.3 is 15.4 Å². The molecule has 1 amide bonds. The molecule has 0 aliphatic rings. The number of hydrogen-bond acceptors (Lipinski definition) is 3. The molecular formula is C18H20Cl2N2O2. The molecule has 0 aliphatic carbocycles. The summed E-state index contributed by atoms with van der Waals surface area (Å²) in [5.41, 5.74) is 1.26. The standard InChI is InChI=1S/C18H20Cl2N2O2/c1-12(2)11-24-17-6-4-3-5-15(17)21-10-18(23)22-16-9-13(19)7-8-14(16)20/h3-9,12,21H,10-11H2,1-2H3,(H,22,23). The predicted molar refractivity (Wildman–Crippen MR) is 100 cm³/mol. The zero-order valence-electron chi connectivity index (χ0n) is 13.6. The highest BCUT2D eigenvalue weighted by Gasteiger charge is 2.09. The van der Waals surface area contributed by atoms with Gasteiger partial charge in [0.2, 0.25) is 5.91 Å². The first-order valence-corrected chi connectivity index (χ1v) is 8.42. The van der Waals surface area contributed by atoms with Gasteiger partial charge in [-0.15, -0.1) is 0 Å². The maximum atomic E-state index is 12.1. The molecule has 2 rings (SSSR count). The van der Waals surface area contributed by atoms with Crippen molar-refractivity contribution in [1.82, 2.24) is 0 Å². The monoisotopic (exact) mass is 366 g/mol. The molecule has 0 saturated carbocycles. The summed E-state index contributed by atoms with van der Waals surface area (Å²) in [5, 5.41) is 6.76. The van der Waals surface area contributed by atoms with Crippen molar-refractivity contribution in [2.75, 3.05) is 23.8 Å². The molecule has 2 aromatic rings. The molecule has 0 aromatic heterocycles. The topological polar surface area (TPSA) is 50.4 Å². The van der Waals surface area contributed by atoms with E-state index in [-0.39, 0.29) is 12.5 Å². The highest BCUT2D eigenvalue weighted by molar-refractivity contribution is 6.35. The van der Waals surface area contributed by atoms with E-state index in [1.54, 1.807) is 18.2 Å². The molecule has 0 bridgehead atoms. The second-order valence-electron chi connectivity index (χ2n) is 5.73. The van der Waals surface area contributed by atoms with Crippen molar-refractivity contribution in [1.29, 1.82) is 0 Å². The maximum Gasteiger partial charge on any atom is 0.243 e. The lowest BCUT2D eigenvalue weighted by Gasteiger charge is -2.14. The van der Waals surface area contributed by atoms with Gasteiger partial charge in [0.05, 0.1) is 29.5 Å².